The fourth-order valence-corrected chi connectivity index (χ4v) is 2.44. The molecule has 0 aliphatic rings. The first-order chi connectivity index (χ1) is 11.4. The van der Waals surface area contributed by atoms with Crippen molar-refractivity contribution >= 4 is 11.6 Å². The summed E-state index contributed by atoms with van der Waals surface area (Å²) < 4.78 is 13.1. The Morgan fingerprint density at radius 3 is 2.38 bits per heavy atom. The molecule has 24 heavy (non-hydrogen) atoms. The van der Waals surface area contributed by atoms with Crippen molar-refractivity contribution in [3.05, 3.63) is 65.0 Å². The van der Waals surface area contributed by atoms with Gasteiger partial charge in [0.2, 0.25) is 0 Å². The van der Waals surface area contributed by atoms with Gasteiger partial charge >= 0.3 is 0 Å². The van der Waals surface area contributed by atoms with Crippen LogP contribution in [0.2, 0.25) is 0 Å². The highest BCUT2D eigenvalue weighted by atomic mass is 19.1. The molecular formula is C19H25FN4. The molecule has 4 nitrogen and oxygen atoms in total. The van der Waals surface area contributed by atoms with E-state index in [-0.39, 0.29) is 11.9 Å². The molecule has 1 atom stereocenters. The van der Waals surface area contributed by atoms with Gasteiger partial charge in [-0.1, -0.05) is 18.2 Å². The number of nitrogens with one attached hydrogen (secondary N) is 1. The SMILES string of the molecule is Cc1ccc(NC(N)=NCC(c2ccc(F)cc2)N(C)C)cc1C. The molecule has 0 bridgehead atoms. The van der Waals surface area contributed by atoms with E-state index in [0.717, 1.165) is 11.3 Å². The van der Waals surface area contributed by atoms with Gasteiger partial charge in [0.1, 0.15) is 5.82 Å². The summed E-state index contributed by atoms with van der Waals surface area (Å²) in [5.41, 5.74) is 10.4. The third-order valence-corrected chi connectivity index (χ3v) is 4.09. The summed E-state index contributed by atoms with van der Waals surface area (Å²) >= 11 is 0. The number of anilines is 1. The summed E-state index contributed by atoms with van der Waals surface area (Å²) in [5, 5.41) is 3.11. The van der Waals surface area contributed by atoms with Gasteiger partial charge in [0.25, 0.3) is 0 Å². The molecule has 0 heterocycles. The fraction of sp³-hybridized carbons (Fsp3) is 0.316. The van der Waals surface area contributed by atoms with Gasteiger partial charge in [-0.25, -0.2) is 4.39 Å². The summed E-state index contributed by atoms with van der Waals surface area (Å²) in [6.45, 7) is 4.62. The van der Waals surface area contributed by atoms with Crippen LogP contribution in [-0.2, 0) is 0 Å². The highest BCUT2D eigenvalue weighted by molar-refractivity contribution is 5.92. The van der Waals surface area contributed by atoms with E-state index in [1.54, 1.807) is 12.1 Å². The lowest BCUT2D eigenvalue weighted by Gasteiger charge is -2.23. The van der Waals surface area contributed by atoms with Crippen molar-refractivity contribution in [2.75, 3.05) is 26.0 Å². The molecule has 0 saturated carbocycles. The number of hydrogen-bond acceptors (Lipinski definition) is 2. The summed E-state index contributed by atoms with van der Waals surface area (Å²) in [6.07, 6.45) is 0. The van der Waals surface area contributed by atoms with Crippen molar-refractivity contribution in [1.29, 1.82) is 0 Å². The van der Waals surface area contributed by atoms with Gasteiger partial charge in [-0.15, -0.1) is 0 Å². The lowest BCUT2D eigenvalue weighted by atomic mass is 10.1. The maximum Gasteiger partial charge on any atom is 0.193 e. The number of hydrogen-bond donors (Lipinski definition) is 2. The smallest absolute Gasteiger partial charge is 0.193 e. The van der Waals surface area contributed by atoms with Crippen molar-refractivity contribution in [3.63, 3.8) is 0 Å². The van der Waals surface area contributed by atoms with Gasteiger partial charge in [0.15, 0.2) is 5.96 Å². The second-order valence-electron chi connectivity index (χ2n) is 6.18. The van der Waals surface area contributed by atoms with Crippen LogP contribution in [0.3, 0.4) is 0 Å². The van der Waals surface area contributed by atoms with E-state index in [9.17, 15) is 4.39 Å². The first-order valence-electron chi connectivity index (χ1n) is 7.93. The van der Waals surface area contributed by atoms with Crippen molar-refractivity contribution in [2.24, 2.45) is 10.7 Å². The van der Waals surface area contributed by atoms with Crippen LogP contribution in [-0.4, -0.2) is 31.5 Å². The quantitative estimate of drug-likeness (QED) is 0.653. The second kappa shape index (κ2) is 7.93. The van der Waals surface area contributed by atoms with Gasteiger partial charge in [-0.05, 0) is 68.9 Å². The zero-order chi connectivity index (χ0) is 17.7. The molecule has 0 radical (unpaired) electrons. The molecule has 2 aromatic carbocycles. The van der Waals surface area contributed by atoms with Crippen molar-refractivity contribution < 1.29 is 4.39 Å². The Labute approximate surface area is 143 Å². The number of aliphatic imine (C=N–C) groups is 1. The zero-order valence-electron chi connectivity index (χ0n) is 14.7. The molecule has 0 amide bonds. The predicted molar refractivity (Wildman–Crippen MR) is 98.9 cm³/mol. The molecule has 0 aromatic heterocycles. The Balaban J connectivity index is 2.07. The van der Waals surface area contributed by atoms with E-state index in [4.69, 9.17) is 5.73 Å². The molecular weight excluding hydrogens is 303 g/mol. The van der Waals surface area contributed by atoms with Crippen molar-refractivity contribution in [3.8, 4) is 0 Å². The second-order valence-corrected chi connectivity index (χ2v) is 6.18. The molecule has 2 rings (SSSR count). The minimum Gasteiger partial charge on any atom is -0.370 e. The van der Waals surface area contributed by atoms with Crippen molar-refractivity contribution in [2.45, 2.75) is 19.9 Å². The first-order valence-corrected chi connectivity index (χ1v) is 7.93. The van der Waals surface area contributed by atoms with E-state index in [1.165, 1.54) is 23.3 Å². The molecule has 128 valence electrons. The van der Waals surface area contributed by atoms with Gasteiger partial charge < -0.3 is 16.0 Å². The maximum absolute atomic E-state index is 13.1. The number of halogens is 1. The number of aryl methyl sites for hydroxylation is 2. The number of guanidine groups is 1. The van der Waals surface area contributed by atoms with E-state index in [2.05, 4.69) is 24.2 Å². The number of likely N-dealkylation sites (N-methyl/N-ethyl adjacent to an activating group) is 1. The van der Waals surface area contributed by atoms with Crippen molar-refractivity contribution in [1.82, 2.24) is 4.90 Å². The molecule has 0 saturated heterocycles. The molecule has 1 unspecified atom stereocenters. The lowest BCUT2D eigenvalue weighted by Crippen LogP contribution is -2.27. The van der Waals surface area contributed by atoms with Crippen LogP contribution in [0.5, 0.6) is 0 Å². The molecule has 2 aromatic rings. The van der Waals surface area contributed by atoms with Crippen LogP contribution in [0.4, 0.5) is 10.1 Å². The van der Waals surface area contributed by atoms with Gasteiger partial charge in [-0.2, -0.15) is 0 Å². The Morgan fingerprint density at radius 2 is 1.79 bits per heavy atom. The molecule has 0 aliphatic heterocycles. The fourth-order valence-electron chi connectivity index (χ4n) is 2.44. The Morgan fingerprint density at radius 1 is 1.12 bits per heavy atom. The summed E-state index contributed by atoms with van der Waals surface area (Å²) in [7, 11) is 3.94. The van der Waals surface area contributed by atoms with Gasteiger partial charge in [0.05, 0.1) is 12.6 Å². The third-order valence-electron chi connectivity index (χ3n) is 4.09. The molecule has 0 aliphatic carbocycles. The Hall–Kier alpha value is -2.40. The number of rotatable bonds is 5. The number of benzene rings is 2. The predicted octanol–water partition coefficient (Wildman–Crippen LogP) is 3.47. The average Bonchev–Trinajstić information content (AvgIpc) is 2.52. The summed E-state index contributed by atoms with van der Waals surface area (Å²) in [4.78, 5) is 6.48. The van der Waals surface area contributed by atoms with Crippen LogP contribution in [0.15, 0.2) is 47.5 Å². The maximum atomic E-state index is 13.1. The van der Waals surface area contributed by atoms with Crippen LogP contribution >= 0.6 is 0 Å². The minimum atomic E-state index is -0.240. The standard InChI is InChI=1S/C19H25FN4/c1-13-5-10-17(11-14(13)2)23-19(21)22-12-18(24(3)4)15-6-8-16(20)9-7-15/h5-11,18H,12H2,1-4H3,(H3,21,22,23). The third kappa shape index (κ3) is 4.80. The van der Waals surface area contributed by atoms with E-state index < -0.39 is 0 Å². The van der Waals surface area contributed by atoms with Crippen LogP contribution < -0.4 is 11.1 Å². The minimum absolute atomic E-state index is 0.0331. The normalized spacial score (nSPS) is 13.2. The van der Waals surface area contributed by atoms with Crippen LogP contribution in [0, 0.1) is 19.7 Å². The highest BCUT2D eigenvalue weighted by Crippen LogP contribution is 2.19. The lowest BCUT2D eigenvalue weighted by molar-refractivity contribution is 0.306. The van der Waals surface area contributed by atoms with Crippen LogP contribution in [0.1, 0.15) is 22.7 Å². The highest BCUT2D eigenvalue weighted by Gasteiger charge is 2.13. The average molecular weight is 328 g/mol. The number of nitrogens with two attached hydrogens (primary N) is 1. The number of nitrogens with zero attached hydrogens (tertiary/aromatic N) is 2. The topological polar surface area (TPSA) is 53.6 Å². The molecule has 0 spiro atoms. The van der Waals surface area contributed by atoms with E-state index in [0.29, 0.717) is 12.5 Å². The van der Waals surface area contributed by atoms with Crippen LogP contribution in [0.25, 0.3) is 0 Å². The molecule has 3 N–H and O–H groups in total. The Bertz CT molecular complexity index is 708. The van der Waals surface area contributed by atoms with Gasteiger partial charge in [-0.3, -0.25) is 4.99 Å². The molecule has 0 fully saturated rings. The molecule has 5 heteroatoms. The monoisotopic (exact) mass is 328 g/mol. The summed E-state index contributed by atoms with van der Waals surface area (Å²) in [5.74, 6) is 0.128. The van der Waals surface area contributed by atoms with E-state index >= 15 is 0 Å². The summed E-state index contributed by atoms with van der Waals surface area (Å²) in [6, 6.07) is 12.6. The van der Waals surface area contributed by atoms with Gasteiger partial charge in [0, 0.05) is 5.69 Å². The first kappa shape index (κ1) is 17.9. The van der Waals surface area contributed by atoms with E-state index in [1.807, 2.05) is 37.2 Å². The largest absolute Gasteiger partial charge is 0.370 e. The zero-order valence-corrected chi connectivity index (χ0v) is 14.7. The Kier molecular flexibility index (Phi) is 5.93.